The first-order valence-electron chi connectivity index (χ1n) is 7.14. The normalized spacial score (nSPS) is 16.3. The van der Waals surface area contributed by atoms with Gasteiger partial charge in [-0.25, -0.2) is 8.42 Å². The minimum atomic E-state index is -3.27. The summed E-state index contributed by atoms with van der Waals surface area (Å²) in [4.78, 5) is 4.16. The van der Waals surface area contributed by atoms with Gasteiger partial charge in [0.1, 0.15) is 0 Å². The monoisotopic (exact) mass is 298 g/mol. The molecule has 0 radical (unpaired) electrons. The Morgan fingerprint density at radius 2 is 2.15 bits per heavy atom. The third-order valence-corrected chi connectivity index (χ3v) is 5.63. The maximum absolute atomic E-state index is 12.5. The van der Waals surface area contributed by atoms with Crippen LogP contribution in [0.5, 0.6) is 0 Å². The second-order valence-corrected chi connectivity index (χ2v) is 7.20. The summed E-state index contributed by atoms with van der Waals surface area (Å²) in [5.41, 5.74) is 0.798. The predicted molar refractivity (Wildman–Crippen MR) is 77.8 cm³/mol. The van der Waals surface area contributed by atoms with Gasteiger partial charge in [0.15, 0.2) is 0 Å². The largest absolute Gasteiger partial charge is 0.396 e. The molecule has 1 aromatic rings. The molecule has 20 heavy (non-hydrogen) atoms. The number of hydrogen-bond donors (Lipinski definition) is 1. The number of rotatable bonds is 8. The van der Waals surface area contributed by atoms with E-state index >= 15 is 0 Å². The number of aromatic nitrogens is 1. The van der Waals surface area contributed by atoms with Crippen LogP contribution >= 0.6 is 0 Å². The van der Waals surface area contributed by atoms with E-state index in [9.17, 15) is 8.42 Å². The van der Waals surface area contributed by atoms with Gasteiger partial charge in [0, 0.05) is 37.5 Å². The lowest BCUT2D eigenvalue weighted by atomic mass is 9.93. The number of aliphatic hydroxyl groups is 1. The molecule has 112 valence electrons. The lowest BCUT2D eigenvalue weighted by Gasteiger charge is -2.36. The summed E-state index contributed by atoms with van der Waals surface area (Å²) in [6.07, 6.45) is 5.58. The number of aryl methyl sites for hydroxylation is 1. The molecule has 1 fully saturated rings. The molecule has 1 aromatic heterocycles. The van der Waals surface area contributed by atoms with E-state index in [2.05, 4.69) is 4.98 Å². The number of pyridine rings is 1. The summed E-state index contributed by atoms with van der Waals surface area (Å²) in [7, 11) is -3.27. The maximum atomic E-state index is 12.5. The second-order valence-electron chi connectivity index (χ2n) is 5.16. The second kappa shape index (κ2) is 7.15. The minimum Gasteiger partial charge on any atom is -0.396 e. The zero-order chi connectivity index (χ0) is 14.4. The van der Waals surface area contributed by atoms with Crippen molar-refractivity contribution < 1.29 is 13.5 Å². The van der Waals surface area contributed by atoms with Crippen molar-refractivity contribution in [1.29, 1.82) is 0 Å². The van der Waals surface area contributed by atoms with Gasteiger partial charge in [0.2, 0.25) is 10.0 Å². The predicted octanol–water partition coefficient (Wildman–Crippen LogP) is 1.19. The lowest BCUT2D eigenvalue weighted by Crippen LogP contribution is -2.46. The van der Waals surface area contributed by atoms with E-state index in [1.807, 2.05) is 18.2 Å². The van der Waals surface area contributed by atoms with Crippen molar-refractivity contribution >= 4 is 10.0 Å². The molecule has 1 N–H and O–H groups in total. The molecule has 6 heteroatoms. The first-order chi connectivity index (χ1) is 9.63. The first kappa shape index (κ1) is 15.4. The molecule has 0 unspecified atom stereocenters. The van der Waals surface area contributed by atoms with Crippen LogP contribution in [0, 0.1) is 0 Å². The molecule has 0 aromatic carbocycles. The highest BCUT2D eigenvalue weighted by Gasteiger charge is 2.32. The zero-order valence-electron chi connectivity index (χ0n) is 11.6. The SMILES string of the molecule is O=S(=O)(CCc1ccccn1)N(CCCO)C1CCC1. The molecule has 0 spiro atoms. The van der Waals surface area contributed by atoms with Crippen LogP contribution in [-0.2, 0) is 16.4 Å². The van der Waals surface area contributed by atoms with Crippen molar-refractivity contribution in [3.63, 3.8) is 0 Å². The Kier molecular flexibility index (Phi) is 5.51. The van der Waals surface area contributed by atoms with Gasteiger partial charge in [-0.3, -0.25) is 4.98 Å². The Morgan fingerprint density at radius 3 is 2.70 bits per heavy atom. The van der Waals surface area contributed by atoms with Crippen LogP contribution in [0.15, 0.2) is 24.4 Å². The molecule has 0 atom stereocenters. The number of aliphatic hydroxyl groups excluding tert-OH is 1. The Bertz CT molecular complexity index is 500. The number of sulfonamides is 1. The average Bonchev–Trinajstić information content (AvgIpc) is 2.40. The van der Waals surface area contributed by atoms with Crippen molar-refractivity contribution in [2.24, 2.45) is 0 Å². The van der Waals surface area contributed by atoms with Crippen molar-refractivity contribution in [3.05, 3.63) is 30.1 Å². The van der Waals surface area contributed by atoms with Gasteiger partial charge in [-0.2, -0.15) is 4.31 Å². The van der Waals surface area contributed by atoms with Crippen molar-refractivity contribution in [2.45, 2.75) is 38.1 Å². The van der Waals surface area contributed by atoms with Crippen LogP contribution in [0.3, 0.4) is 0 Å². The van der Waals surface area contributed by atoms with E-state index in [1.165, 1.54) is 0 Å². The van der Waals surface area contributed by atoms with Crippen LogP contribution in [0.1, 0.15) is 31.4 Å². The third-order valence-electron chi connectivity index (χ3n) is 3.72. The van der Waals surface area contributed by atoms with Crippen LogP contribution in [0.4, 0.5) is 0 Å². The molecule has 0 amide bonds. The topological polar surface area (TPSA) is 70.5 Å². The molecule has 1 aliphatic rings. The fourth-order valence-corrected chi connectivity index (χ4v) is 4.12. The first-order valence-corrected chi connectivity index (χ1v) is 8.74. The Hall–Kier alpha value is -0.980. The molecule has 0 saturated heterocycles. The summed E-state index contributed by atoms with van der Waals surface area (Å²) >= 11 is 0. The van der Waals surface area contributed by atoms with E-state index in [4.69, 9.17) is 5.11 Å². The molecule has 2 rings (SSSR count). The van der Waals surface area contributed by atoms with Crippen LogP contribution in [-0.4, -0.2) is 47.8 Å². The summed E-state index contributed by atoms with van der Waals surface area (Å²) in [6.45, 7) is 0.449. The van der Waals surface area contributed by atoms with Crippen molar-refractivity contribution in [3.8, 4) is 0 Å². The van der Waals surface area contributed by atoms with E-state index in [0.29, 0.717) is 19.4 Å². The lowest BCUT2D eigenvalue weighted by molar-refractivity contribution is 0.198. The summed E-state index contributed by atoms with van der Waals surface area (Å²) in [5.74, 6) is 0.0892. The molecule has 1 saturated carbocycles. The van der Waals surface area contributed by atoms with Crippen molar-refractivity contribution in [1.82, 2.24) is 9.29 Å². The third kappa shape index (κ3) is 4.01. The van der Waals surface area contributed by atoms with Crippen molar-refractivity contribution in [2.75, 3.05) is 18.9 Å². The molecule has 5 nitrogen and oxygen atoms in total. The number of nitrogens with zero attached hydrogens (tertiary/aromatic N) is 2. The van der Waals surface area contributed by atoms with Crippen LogP contribution in [0.25, 0.3) is 0 Å². The highest BCUT2D eigenvalue weighted by Crippen LogP contribution is 2.27. The Labute approximate surface area is 120 Å². The molecule has 1 heterocycles. The Balaban J connectivity index is 1.98. The maximum Gasteiger partial charge on any atom is 0.214 e. The fraction of sp³-hybridized carbons (Fsp3) is 0.643. The van der Waals surface area contributed by atoms with Crippen LogP contribution < -0.4 is 0 Å². The van der Waals surface area contributed by atoms with E-state index in [0.717, 1.165) is 25.0 Å². The van der Waals surface area contributed by atoms with E-state index in [1.54, 1.807) is 10.5 Å². The quantitative estimate of drug-likeness (QED) is 0.782. The summed E-state index contributed by atoms with van der Waals surface area (Å²) in [6, 6.07) is 5.66. The van der Waals surface area contributed by atoms with Gasteiger partial charge in [-0.1, -0.05) is 12.5 Å². The minimum absolute atomic E-state index is 0.0268. The van der Waals surface area contributed by atoms with E-state index in [-0.39, 0.29) is 18.4 Å². The summed E-state index contributed by atoms with van der Waals surface area (Å²) < 4.78 is 26.5. The fourth-order valence-electron chi connectivity index (χ4n) is 2.35. The van der Waals surface area contributed by atoms with Crippen LogP contribution in [0.2, 0.25) is 0 Å². The van der Waals surface area contributed by atoms with Gasteiger partial charge in [0.05, 0.1) is 5.75 Å². The highest BCUT2D eigenvalue weighted by molar-refractivity contribution is 7.89. The van der Waals surface area contributed by atoms with Gasteiger partial charge in [-0.05, 0) is 31.4 Å². The standard InChI is InChI=1S/C14H22N2O3S/c17-11-4-10-16(14-6-3-7-14)20(18,19)12-8-13-5-1-2-9-15-13/h1-2,5,9,14,17H,3-4,6-8,10-12H2. The molecular formula is C14H22N2O3S. The van der Waals surface area contributed by atoms with Gasteiger partial charge >= 0.3 is 0 Å². The smallest absolute Gasteiger partial charge is 0.214 e. The van der Waals surface area contributed by atoms with Gasteiger partial charge in [-0.15, -0.1) is 0 Å². The molecule has 0 aliphatic heterocycles. The zero-order valence-corrected chi connectivity index (χ0v) is 12.4. The molecular weight excluding hydrogens is 276 g/mol. The van der Waals surface area contributed by atoms with Gasteiger partial charge in [0.25, 0.3) is 0 Å². The summed E-state index contributed by atoms with van der Waals surface area (Å²) in [5, 5.41) is 8.93. The highest BCUT2D eigenvalue weighted by atomic mass is 32.2. The van der Waals surface area contributed by atoms with Gasteiger partial charge < -0.3 is 5.11 Å². The van der Waals surface area contributed by atoms with E-state index < -0.39 is 10.0 Å². The molecule has 0 bridgehead atoms. The molecule has 1 aliphatic carbocycles. The number of hydrogen-bond acceptors (Lipinski definition) is 4. The average molecular weight is 298 g/mol. The Morgan fingerprint density at radius 1 is 1.35 bits per heavy atom.